The fraction of sp³-hybridized carbons (Fsp3) is 0.364. The van der Waals surface area contributed by atoms with Crippen molar-refractivity contribution in [2.75, 3.05) is 37.6 Å². The predicted octanol–water partition coefficient (Wildman–Crippen LogP) is 1.81. The molecule has 0 spiro atoms. The summed E-state index contributed by atoms with van der Waals surface area (Å²) in [6, 6.07) is 19.5. The largest absolute Gasteiger partial charge is 0.481 e. The summed E-state index contributed by atoms with van der Waals surface area (Å²) in [5.74, 6) is 0.00514. The topological polar surface area (TPSA) is 73.9 Å². The van der Waals surface area contributed by atoms with Gasteiger partial charge >= 0.3 is 0 Å². The number of anilines is 1. The van der Waals surface area contributed by atoms with Crippen LogP contribution in [0.3, 0.4) is 0 Å². The van der Waals surface area contributed by atoms with Gasteiger partial charge in [0, 0.05) is 44.8 Å². The van der Waals surface area contributed by atoms with Crippen LogP contribution in [0.4, 0.5) is 5.69 Å². The van der Waals surface area contributed by atoms with Crippen LogP contribution in [0.1, 0.15) is 13.3 Å². The molecular weight excluding hydrogens is 368 g/mol. The third-order valence-corrected chi connectivity index (χ3v) is 4.90. The van der Waals surface area contributed by atoms with E-state index in [0.29, 0.717) is 18.7 Å². The van der Waals surface area contributed by atoms with Gasteiger partial charge in [-0.15, -0.1) is 0 Å². The van der Waals surface area contributed by atoms with Crippen LogP contribution in [-0.4, -0.2) is 55.5 Å². The Hall–Kier alpha value is -3.06. The average molecular weight is 396 g/mol. The number of amides is 2. The molecule has 1 saturated heterocycles. The highest BCUT2D eigenvalue weighted by Crippen LogP contribution is 2.15. The first kappa shape index (κ1) is 20.7. The molecular formula is C22H28N4O3. The molecule has 7 nitrogen and oxygen atoms in total. The molecule has 7 heteroatoms. The Morgan fingerprint density at radius 2 is 1.55 bits per heavy atom. The van der Waals surface area contributed by atoms with Crippen LogP contribution in [0.2, 0.25) is 0 Å². The molecule has 0 saturated carbocycles. The van der Waals surface area contributed by atoms with E-state index in [0.717, 1.165) is 26.2 Å². The van der Waals surface area contributed by atoms with Gasteiger partial charge in [0.2, 0.25) is 5.91 Å². The Labute approximate surface area is 171 Å². The summed E-state index contributed by atoms with van der Waals surface area (Å²) in [5, 5.41) is 0. The minimum Gasteiger partial charge on any atom is -0.481 e. The fourth-order valence-corrected chi connectivity index (χ4v) is 3.18. The van der Waals surface area contributed by atoms with E-state index in [1.54, 1.807) is 19.1 Å². The lowest BCUT2D eigenvalue weighted by Gasteiger charge is -2.36. The number of para-hydroxylation sites is 2. The number of hydrazine groups is 1. The average Bonchev–Trinajstić information content (AvgIpc) is 2.77. The first-order chi connectivity index (χ1) is 14.1. The third kappa shape index (κ3) is 6.50. The van der Waals surface area contributed by atoms with E-state index in [2.05, 4.69) is 32.8 Å². The van der Waals surface area contributed by atoms with Gasteiger partial charge in [0.25, 0.3) is 5.91 Å². The first-order valence-corrected chi connectivity index (χ1v) is 9.94. The van der Waals surface area contributed by atoms with Gasteiger partial charge in [-0.3, -0.25) is 25.3 Å². The zero-order valence-corrected chi connectivity index (χ0v) is 16.7. The summed E-state index contributed by atoms with van der Waals surface area (Å²) in [6.07, 6.45) is -0.372. The number of hydrogen-bond acceptors (Lipinski definition) is 5. The van der Waals surface area contributed by atoms with Crippen molar-refractivity contribution < 1.29 is 14.3 Å². The summed E-state index contributed by atoms with van der Waals surface area (Å²) in [6.45, 7) is 6.02. The smallest absolute Gasteiger partial charge is 0.279 e. The Balaban J connectivity index is 1.31. The predicted molar refractivity (Wildman–Crippen MR) is 113 cm³/mol. The van der Waals surface area contributed by atoms with E-state index in [4.69, 9.17) is 4.74 Å². The molecule has 2 N–H and O–H groups in total. The number of nitrogens with one attached hydrogen (secondary N) is 2. The SMILES string of the molecule is CC(Oc1ccccc1)C(=O)NNC(=O)CCN1CCN(c2ccccc2)CC1. The molecule has 0 bridgehead atoms. The summed E-state index contributed by atoms with van der Waals surface area (Å²) >= 11 is 0. The molecule has 0 aliphatic carbocycles. The van der Waals surface area contributed by atoms with E-state index in [1.165, 1.54) is 5.69 Å². The Morgan fingerprint density at radius 3 is 2.21 bits per heavy atom. The molecule has 2 amide bonds. The Morgan fingerprint density at radius 1 is 0.931 bits per heavy atom. The molecule has 3 rings (SSSR count). The molecule has 1 aliphatic heterocycles. The molecule has 154 valence electrons. The van der Waals surface area contributed by atoms with E-state index < -0.39 is 12.0 Å². The van der Waals surface area contributed by atoms with Gasteiger partial charge < -0.3 is 9.64 Å². The second-order valence-corrected chi connectivity index (χ2v) is 7.02. The van der Waals surface area contributed by atoms with Crippen molar-refractivity contribution in [1.29, 1.82) is 0 Å². The first-order valence-electron chi connectivity index (χ1n) is 9.94. The van der Waals surface area contributed by atoms with Crippen molar-refractivity contribution in [3.05, 3.63) is 60.7 Å². The van der Waals surface area contributed by atoms with Gasteiger partial charge in [0.05, 0.1) is 0 Å². The summed E-state index contributed by atoms with van der Waals surface area (Å²) < 4.78 is 5.53. The van der Waals surface area contributed by atoms with Gasteiger partial charge in [-0.1, -0.05) is 36.4 Å². The molecule has 0 radical (unpaired) electrons. The highest BCUT2D eigenvalue weighted by Gasteiger charge is 2.18. The number of carbonyl (C=O) groups excluding carboxylic acids is 2. The van der Waals surface area contributed by atoms with Crippen LogP contribution >= 0.6 is 0 Å². The van der Waals surface area contributed by atoms with Gasteiger partial charge in [0.15, 0.2) is 6.10 Å². The summed E-state index contributed by atoms with van der Waals surface area (Å²) in [4.78, 5) is 28.7. The second-order valence-electron chi connectivity index (χ2n) is 7.02. The lowest BCUT2D eigenvalue weighted by molar-refractivity contribution is -0.132. The quantitative estimate of drug-likeness (QED) is 0.699. The van der Waals surface area contributed by atoms with Gasteiger partial charge in [0.1, 0.15) is 5.75 Å². The zero-order chi connectivity index (χ0) is 20.5. The van der Waals surface area contributed by atoms with Gasteiger partial charge in [-0.05, 0) is 31.2 Å². The second kappa shape index (κ2) is 10.5. The van der Waals surface area contributed by atoms with Crippen LogP contribution in [0.15, 0.2) is 60.7 Å². The van der Waals surface area contributed by atoms with E-state index in [9.17, 15) is 9.59 Å². The van der Waals surface area contributed by atoms with Crippen LogP contribution in [0.5, 0.6) is 5.75 Å². The molecule has 1 atom stereocenters. The summed E-state index contributed by atoms with van der Waals surface area (Å²) in [5.41, 5.74) is 6.13. The van der Waals surface area contributed by atoms with Crippen molar-refractivity contribution in [3.63, 3.8) is 0 Å². The molecule has 29 heavy (non-hydrogen) atoms. The van der Waals surface area contributed by atoms with Crippen molar-refractivity contribution in [2.24, 2.45) is 0 Å². The maximum Gasteiger partial charge on any atom is 0.279 e. The normalized spacial score (nSPS) is 15.4. The Kier molecular flexibility index (Phi) is 7.47. The zero-order valence-electron chi connectivity index (χ0n) is 16.7. The van der Waals surface area contributed by atoms with Crippen molar-refractivity contribution in [1.82, 2.24) is 15.8 Å². The minimum atomic E-state index is -0.705. The molecule has 2 aromatic carbocycles. The fourth-order valence-electron chi connectivity index (χ4n) is 3.18. The van der Waals surface area contributed by atoms with Crippen molar-refractivity contribution in [3.8, 4) is 5.75 Å². The summed E-state index contributed by atoms with van der Waals surface area (Å²) in [7, 11) is 0. The lowest BCUT2D eigenvalue weighted by atomic mass is 10.2. The van der Waals surface area contributed by atoms with E-state index in [1.807, 2.05) is 36.4 Å². The van der Waals surface area contributed by atoms with Crippen LogP contribution < -0.4 is 20.5 Å². The molecule has 1 heterocycles. The van der Waals surface area contributed by atoms with Gasteiger partial charge in [-0.25, -0.2) is 0 Å². The number of piperazine rings is 1. The Bertz CT molecular complexity index is 777. The standard InChI is InChI=1S/C22H28N4O3/c1-18(29-20-10-6-3-7-11-20)22(28)24-23-21(27)12-13-25-14-16-26(17-15-25)19-8-4-2-5-9-19/h2-11,18H,12-17H2,1H3,(H,23,27)(H,24,28). The number of carbonyl (C=O) groups is 2. The molecule has 2 aromatic rings. The highest BCUT2D eigenvalue weighted by atomic mass is 16.5. The molecule has 0 aromatic heterocycles. The number of hydrogen-bond donors (Lipinski definition) is 2. The third-order valence-electron chi connectivity index (χ3n) is 4.90. The van der Waals surface area contributed by atoms with Crippen LogP contribution in [0.25, 0.3) is 0 Å². The number of nitrogens with zero attached hydrogens (tertiary/aromatic N) is 2. The number of ether oxygens (including phenoxy) is 1. The molecule has 1 fully saturated rings. The van der Waals surface area contributed by atoms with Crippen LogP contribution in [0, 0.1) is 0 Å². The molecule has 1 aliphatic rings. The van der Waals surface area contributed by atoms with Crippen LogP contribution in [-0.2, 0) is 9.59 Å². The van der Waals surface area contributed by atoms with Gasteiger partial charge in [-0.2, -0.15) is 0 Å². The maximum absolute atomic E-state index is 12.1. The minimum absolute atomic E-state index is 0.212. The van der Waals surface area contributed by atoms with E-state index in [-0.39, 0.29) is 5.91 Å². The highest BCUT2D eigenvalue weighted by molar-refractivity contribution is 5.84. The van der Waals surface area contributed by atoms with Crippen molar-refractivity contribution in [2.45, 2.75) is 19.4 Å². The van der Waals surface area contributed by atoms with Crippen molar-refractivity contribution >= 4 is 17.5 Å². The number of benzene rings is 2. The molecule has 1 unspecified atom stereocenters. The lowest BCUT2D eigenvalue weighted by Crippen LogP contribution is -2.49. The monoisotopic (exact) mass is 396 g/mol. The van der Waals surface area contributed by atoms with E-state index >= 15 is 0 Å². The number of rotatable bonds is 7. The maximum atomic E-state index is 12.1.